The summed E-state index contributed by atoms with van der Waals surface area (Å²) < 4.78 is 40.3. The molecule has 0 N–H and O–H groups in total. The van der Waals surface area contributed by atoms with Crippen molar-refractivity contribution >= 4 is 0 Å². The lowest BCUT2D eigenvalue weighted by molar-refractivity contribution is -0.136. The van der Waals surface area contributed by atoms with Crippen LogP contribution in [0.2, 0.25) is 0 Å². The van der Waals surface area contributed by atoms with Crippen LogP contribution >= 0.6 is 0 Å². The number of ether oxygens (including phenoxy) is 1. The fourth-order valence-electron chi connectivity index (χ4n) is 1.12. The number of rotatable bonds is 6. The number of hydrogen-bond acceptors (Lipinski definition) is 2. The van der Waals surface area contributed by atoms with E-state index in [9.17, 15) is 13.2 Å². The van der Waals surface area contributed by atoms with Gasteiger partial charge in [0.1, 0.15) is 0 Å². The molecule has 5 heteroatoms. The average Bonchev–Trinajstić information content (AvgIpc) is 2.02. The standard InChI is InChI=1S/C9H18F3NO/c1-8(7-14-3)13(2)6-4-5-9(10,11)12/h8H,4-7H2,1-3H3. The number of halogens is 3. The van der Waals surface area contributed by atoms with Crippen LogP contribution in [0.3, 0.4) is 0 Å². The summed E-state index contributed by atoms with van der Waals surface area (Å²) in [7, 11) is 3.39. The smallest absolute Gasteiger partial charge is 0.383 e. The summed E-state index contributed by atoms with van der Waals surface area (Å²) in [6, 6.07) is 0.160. The molecule has 86 valence electrons. The Kier molecular flexibility index (Phi) is 6.11. The van der Waals surface area contributed by atoms with Crippen LogP contribution in [0.4, 0.5) is 13.2 Å². The second-order valence-electron chi connectivity index (χ2n) is 3.50. The van der Waals surface area contributed by atoms with Crippen molar-refractivity contribution in [1.29, 1.82) is 0 Å². The van der Waals surface area contributed by atoms with Gasteiger partial charge in [-0.15, -0.1) is 0 Å². The lowest BCUT2D eigenvalue weighted by Gasteiger charge is -2.23. The van der Waals surface area contributed by atoms with E-state index in [2.05, 4.69) is 0 Å². The molecular weight excluding hydrogens is 195 g/mol. The van der Waals surface area contributed by atoms with Gasteiger partial charge in [-0.3, -0.25) is 0 Å². The lowest BCUT2D eigenvalue weighted by atomic mass is 10.2. The van der Waals surface area contributed by atoms with Crippen LogP contribution in [0.25, 0.3) is 0 Å². The second kappa shape index (κ2) is 6.24. The van der Waals surface area contributed by atoms with Gasteiger partial charge in [-0.25, -0.2) is 0 Å². The van der Waals surface area contributed by atoms with E-state index < -0.39 is 12.6 Å². The van der Waals surface area contributed by atoms with E-state index >= 15 is 0 Å². The number of nitrogens with zero attached hydrogens (tertiary/aromatic N) is 1. The van der Waals surface area contributed by atoms with E-state index in [0.717, 1.165) is 0 Å². The molecule has 0 saturated carbocycles. The molecule has 0 amide bonds. The zero-order valence-electron chi connectivity index (χ0n) is 8.90. The van der Waals surface area contributed by atoms with Gasteiger partial charge in [0, 0.05) is 19.6 Å². The average molecular weight is 213 g/mol. The SMILES string of the molecule is COCC(C)N(C)CCCC(F)(F)F. The van der Waals surface area contributed by atoms with E-state index in [-0.39, 0.29) is 12.5 Å². The van der Waals surface area contributed by atoms with Crippen LogP contribution in [0.15, 0.2) is 0 Å². The van der Waals surface area contributed by atoms with Crippen molar-refractivity contribution in [2.45, 2.75) is 32.0 Å². The zero-order chi connectivity index (χ0) is 11.2. The van der Waals surface area contributed by atoms with Crippen molar-refractivity contribution in [3.05, 3.63) is 0 Å². The molecule has 0 aromatic carbocycles. The van der Waals surface area contributed by atoms with Crippen molar-refractivity contribution < 1.29 is 17.9 Å². The summed E-state index contributed by atoms with van der Waals surface area (Å²) in [6.45, 7) is 2.92. The van der Waals surface area contributed by atoms with E-state index in [1.807, 2.05) is 11.8 Å². The van der Waals surface area contributed by atoms with Gasteiger partial charge < -0.3 is 9.64 Å². The fraction of sp³-hybridized carbons (Fsp3) is 1.00. The second-order valence-corrected chi connectivity index (χ2v) is 3.50. The Morgan fingerprint density at radius 1 is 1.36 bits per heavy atom. The highest BCUT2D eigenvalue weighted by Gasteiger charge is 2.26. The van der Waals surface area contributed by atoms with Gasteiger partial charge >= 0.3 is 6.18 Å². The molecule has 0 radical (unpaired) electrons. The molecule has 0 aromatic rings. The Bertz CT molecular complexity index is 149. The maximum Gasteiger partial charge on any atom is 0.389 e. The largest absolute Gasteiger partial charge is 0.389 e. The molecular formula is C9H18F3NO. The van der Waals surface area contributed by atoms with Gasteiger partial charge in [0.05, 0.1) is 6.61 Å². The quantitative estimate of drug-likeness (QED) is 0.671. The minimum absolute atomic E-state index is 0.147. The summed E-state index contributed by atoms with van der Waals surface area (Å²) in [5.74, 6) is 0. The third-order valence-corrected chi connectivity index (χ3v) is 2.13. The van der Waals surface area contributed by atoms with E-state index in [0.29, 0.717) is 13.2 Å². The van der Waals surface area contributed by atoms with Gasteiger partial charge in [0.2, 0.25) is 0 Å². The summed E-state index contributed by atoms with van der Waals surface area (Å²) in [4.78, 5) is 1.87. The molecule has 0 aliphatic heterocycles. The summed E-state index contributed by atoms with van der Waals surface area (Å²) >= 11 is 0. The molecule has 14 heavy (non-hydrogen) atoms. The molecule has 2 nitrogen and oxygen atoms in total. The predicted molar refractivity (Wildman–Crippen MR) is 49.3 cm³/mol. The Morgan fingerprint density at radius 2 is 1.93 bits per heavy atom. The van der Waals surface area contributed by atoms with Crippen molar-refractivity contribution in [3.8, 4) is 0 Å². The van der Waals surface area contributed by atoms with E-state index in [1.54, 1.807) is 14.2 Å². The normalized spacial score (nSPS) is 14.8. The maximum atomic E-state index is 11.8. The first-order chi connectivity index (χ1) is 6.37. The number of hydrogen-bond donors (Lipinski definition) is 0. The summed E-state index contributed by atoms with van der Waals surface area (Å²) in [5.41, 5.74) is 0. The Hall–Kier alpha value is -0.290. The molecule has 0 fully saturated rings. The third kappa shape index (κ3) is 7.15. The van der Waals surface area contributed by atoms with Crippen LogP contribution in [0.1, 0.15) is 19.8 Å². The first-order valence-electron chi connectivity index (χ1n) is 4.62. The highest BCUT2D eigenvalue weighted by atomic mass is 19.4. The highest BCUT2D eigenvalue weighted by molar-refractivity contribution is 4.63. The molecule has 0 saturated heterocycles. The Morgan fingerprint density at radius 3 is 2.36 bits per heavy atom. The van der Waals surface area contributed by atoms with Crippen LogP contribution in [-0.2, 0) is 4.74 Å². The van der Waals surface area contributed by atoms with Crippen LogP contribution in [0.5, 0.6) is 0 Å². The molecule has 0 aliphatic carbocycles. The molecule has 0 aromatic heterocycles. The number of alkyl halides is 3. The number of likely N-dealkylation sites (N-methyl/N-ethyl adjacent to an activating group) is 1. The zero-order valence-corrected chi connectivity index (χ0v) is 8.90. The van der Waals surface area contributed by atoms with Gasteiger partial charge in [0.25, 0.3) is 0 Å². The van der Waals surface area contributed by atoms with Gasteiger partial charge in [-0.05, 0) is 26.9 Å². The first-order valence-corrected chi connectivity index (χ1v) is 4.62. The first kappa shape index (κ1) is 13.7. The van der Waals surface area contributed by atoms with Crippen molar-refractivity contribution in [1.82, 2.24) is 4.90 Å². The molecule has 1 unspecified atom stereocenters. The number of methoxy groups -OCH3 is 1. The van der Waals surface area contributed by atoms with Crippen molar-refractivity contribution in [2.75, 3.05) is 27.3 Å². The Labute approximate surface area is 83.0 Å². The molecule has 0 aliphatic rings. The van der Waals surface area contributed by atoms with Crippen LogP contribution in [0, 0.1) is 0 Å². The predicted octanol–water partition coefficient (Wildman–Crippen LogP) is 2.30. The minimum Gasteiger partial charge on any atom is -0.383 e. The lowest BCUT2D eigenvalue weighted by Crippen LogP contribution is -2.33. The topological polar surface area (TPSA) is 12.5 Å². The van der Waals surface area contributed by atoms with Gasteiger partial charge in [-0.2, -0.15) is 13.2 Å². The molecule has 0 heterocycles. The summed E-state index contributed by atoms with van der Waals surface area (Å²) in [6.07, 6.45) is -4.60. The van der Waals surface area contributed by atoms with Gasteiger partial charge in [0.15, 0.2) is 0 Å². The molecule has 0 rings (SSSR count). The molecule has 1 atom stereocenters. The minimum atomic E-state index is -4.04. The van der Waals surface area contributed by atoms with Crippen molar-refractivity contribution in [3.63, 3.8) is 0 Å². The van der Waals surface area contributed by atoms with Crippen molar-refractivity contribution in [2.24, 2.45) is 0 Å². The van der Waals surface area contributed by atoms with E-state index in [4.69, 9.17) is 4.74 Å². The monoisotopic (exact) mass is 213 g/mol. The fourth-order valence-corrected chi connectivity index (χ4v) is 1.12. The van der Waals surface area contributed by atoms with Crippen LogP contribution < -0.4 is 0 Å². The van der Waals surface area contributed by atoms with Gasteiger partial charge in [-0.1, -0.05) is 0 Å². The summed E-state index contributed by atoms with van der Waals surface area (Å²) in [5, 5.41) is 0. The van der Waals surface area contributed by atoms with Crippen LogP contribution in [-0.4, -0.2) is 44.4 Å². The maximum absolute atomic E-state index is 11.8. The molecule has 0 bridgehead atoms. The molecule has 0 spiro atoms. The highest BCUT2D eigenvalue weighted by Crippen LogP contribution is 2.21. The Balaban J connectivity index is 3.58. The third-order valence-electron chi connectivity index (χ3n) is 2.13. The van der Waals surface area contributed by atoms with E-state index in [1.165, 1.54) is 0 Å².